The van der Waals surface area contributed by atoms with E-state index in [1.807, 2.05) is 54.8 Å². The number of carbonyl (C=O) groups is 1. The molecule has 0 bridgehead atoms. The van der Waals surface area contributed by atoms with Crippen LogP contribution in [0, 0.1) is 0 Å². The van der Waals surface area contributed by atoms with Crippen molar-refractivity contribution in [1.29, 1.82) is 0 Å². The van der Waals surface area contributed by atoms with Gasteiger partial charge in [0.15, 0.2) is 10.9 Å². The van der Waals surface area contributed by atoms with Gasteiger partial charge in [0.25, 0.3) is 0 Å². The van der Waals surface area contributed by atoms with Gasteiger partial charge < -0.3 is 9.15 Å². The first-order valence-corrected chi connectivity index (χ1v) is 7.71. The summed E-state index contributed by atoms with van der Waals surface area (Å²) in [6.07, 6.45) is 1.90. The Morgan fingerprint density at radius 2 is 1.90 bits per heavy atom. The van der Waals surface area contributed by atoms with Gasteiger partial charge in [-0.15, -0.1) is 0 Å². The van der Waals surface area contributed by atoms with Gasteiger partial charge in [-0.3, -0.25) is 4.79 Å². The lowest BCUT2D eigenvalue weighted by molar-refractivity contribution is 0.103. The van der Waals surface area contributed by atoms with E-state index in [1.54, 1.807) is 7.11 Å². The highest BCUT2D eigenvalue weighted by Crippen LogP contribution is 2.35. The van der Waals surface area contributed by atoms with Crippen LogP contribution in [0.1, 0.15) is 15.9 Å². The van der Waals surface area contributed by atoms with Crippen molar-refractivity contribution in [2.75, 3.05) is 13.4 Å². The molecule has 0 spiro atoms. The van der Waals surface area contributed by atoms with E-state index in [0.717, 1.165) is 5.39 Å². The Labute approximate surface area is 126 Å². The fraction of sp³-hybridized carbons (Fsp3) is 0.118. The van der Waals surface area contributed by atoms with Crippen LogP contribution in [-0.4, -0.2) is 19.1 Å². The van der Waals surface area contributed by atoms with Gasteiger partial charge in [0.2, 0.25) is 0 Å². The fourth-order valence-corrected chi connectivity index (χ4v) is 2.85. The van der Waals surface area contributed by atoms with E-state index >= 15 is 0 Å². The minimum atomic E-state index is -0.0352. The van der Waals surface area contributed by atoms with Crippen molar-refractivity contribution in [3.05, 3.63) is 59.7 Å². The van der Waals surface area contributed by atoms with Crippen molar-refractivity contribution in [3.63, 3.8) is 0 Å². The second-order valence-corrected chi connectivity index (χ2v) is 5.30. The number of ketones is 1. The van der Waals surface area contributed by atoms with Crippen LogP contribution in [0.5, 0.6) is 5.75 Å². The first kappa shape index (κ1) is 13.8. The summed E-state index contributed by atoms with van der Waals surface area (Å²) in [6, 6.07) is 14.7. The third-order valence-electron chi connectivity index (χ3n) is 3.31. The van der Waals surface area contributed by atoms with Gasteiger partial charge in [-0.25, -0.2) is 0 Å². The van der Waals surface area contributed by atoms with Gasteiger partial charge in [0, 0.05) is 10.9 Å². The summed E-state index contributed by atoms with van der Waals surface area (Å²) in [5, 5.41) is 1.42. The molecule has 0 atom stereocenters. The summed E-state index contributed by atoms with van der Waals surface area (Å²) in [7, 11) is 1.61. The van der Waals surface area contributed by atoms with Gasteiger partial charge in [-0.1, -0.05) is 42.1 Å². The summed E-state index contributed by atoms with van der Waals surface area (Å²) < 4.78 is 11.0. The molecule has 0 aliphatic carbocycles. The molecule has 21 heavy (non-hydrogen) atoms. The second-order valence-electron chi connectivity index (χ2n) is 4.53. The minimum absolute atomic E-state index is 0.0352. The van der Waals surface area contributed by atoms with E-state index in [4.69, 9.17) is 9.15 Å². The SMILES string of the molecule is COc1ccc2oc(SC)c(C(=O)c3ccccc3)c2c1. The number of fused-ring (bicyclic) bond motifs is 1. The van der Waals surface area contributed by atoms with Crippen LogP contribution in [0.4, 0.5) is 0 Å². The third-order valence-corrected chi connectivity index (χ3v) is 3.97. The molecule has 0 aliphatic rings. The average Bonchev–Trinajstić information content (AvgIpc) is 2.92. The van der Waals surface area contributed by atoms with Gasteiger partial charge in [0.05, 0.1) is 12.7 Å². The van der Waals surface area contributed by atoms with Crippen LogP contribution >= 0.6 is 11.8 Å². The lowest BCUT2D eigenvalue weighted by Gasteiger charge is -2.02. The molecule has 0 unspecified atom stereocenters. The Bertz CT molecular complexity index is 790. The highest BCUT2D eigenvalue weighted by Gasteiger charge is 2.21. The Hall–Kier alpha value is -2.20. The van der Waals surface area contributed by atoms with Crippen molar-refractivity contribution >= 4 is 28.5 Å². The van der Waals surface area contributed by atoms with E-state index in [-0.39, 0.29) is 5.78 Å². The quantitative estimate of drug-likeness (QED) is 0.529. The Morgan fingerprint density at radius 3 is 2.57 bits per heavy atom. The maximum Gasteiger partial charge on any atom is 0.198 e. The van der Waals surface area contributed by atoms with E-state index in [2.05, 4.69) is 0 Å². The molecule has 0 fully saturated rings. The van der Waals surface area contributed by atoms with Crippen LogP contribution in [-0.2, 0) is 0 Å². The van der Waals surface area contributed by atoms with Crippen molar-refractivity contribution in [1.82, 2.24) is 0 Å². The minimum Gasteiger partial charge on any atom is -0.497 e. The first-order chi connectivity index (χ1) is 10.2. The molecule has 1 aromatic heterocycles. The van der Waals surface area contributed by atoms with Gasteiger partial charge in [0.1, 0.15) is 11.3 Å². The zero-order chi connectivity index (χ0) is 14.8. The highest BCUT2D eigenvalue weighted by molar-refractivity contribution is 7.98. The Balaban J connectivity index is 2.22. The normalized spacial score (nSPS) is 10.8. The molecule has 0 radical (unpaired) electrons. The molecular formula is C17H14O3S. The number of rotatable bonds is 4. The van der Waals surface area contributed by atoms with E-state index in [0.29, 0.717) is 27.6 Å². The highest BCUT2D eigenvalue weighted by atomic mass is 32.2. The van der Waals surface area contributed by atoms with Crippen LogP contribution in [0.15, 0.2) is 58.0 Å². The summed E-state index contributed by atoms with van der Waals surface area (Å²) >= 11 is 1.43. The number of hydrogen-bond donors (Lipinski definition) is 0. The second kappa shape index (κ2) is 5.66. The third kappa shape index (κ3) is 2.43. The number of thioether (sulfide) groups is 1. The monoisotopic (exact) mass is 298 g/mol. The van der Waals surface area contributed by atoms with Gasteiger partial charge in [-0.05, 0) is 24.5 Å². The Kier molecular flexibility index (Phi) is 3.71. The summed E-state index contributed by atoms with van der Waals surface area (Å²) in [5.74, 6) is 0.671. The number of hydrogen-bond acceptors (Lipinski definition) is 4. The predicted molar refractivity (Wildman–Crippen MR) is 84.4 cm³/mol. The summed E-state index contributed by atoms with van der Waals surface area (Å²) in [6.45, 7) is 0. The topological polar surface area (TPSA) is 39.4 Å². The standard InChI is InChI=1S/C17H14O3S/c1-19-12-8-9-14-13(10-12)15(17(20-14)21-2)16(18)11-6-4-3-5-7-11/h3-10H,1-2H3. The Morgan fingerprint density at radius 1 is 1.14 bits per heavy atom. The largest absolute Gasteiger partial charge is 0.497 e. The van der Waals surface area contributed by atoms with Crippen molar-refractivity contribution < 1.29 is 13.9 Å². The van der Waals surface area contributed by atoms with Crippen LogP contribution in [0.25, 0.3) is 11.0 Å². The molecule has 3 nitrogen and oxygen atoms in total. The number of methoxy groups -OCH3 is 1. The number of furan rings is 1. The molecule has 3 rings (SSSR count). The van der Waals surface area contributed by atoms with E-state index < -0.39 is 0 Å². The number of benzene rings is 2. The molecule has 0 saturated heterocycles. The van der Waals surface area contributed by atoms with Crippen molar-refractivity contribution in [2.45, 2.75) is 5.09 Å². The molecule has 0 amide bonds. The van der Waals surface area contributed by atoms with Crippen molar-refractivity contribution in [2.24, 2.45) is 0 Å². The lowest BCUT2D eigenvalue weighted by Crippen LogP contribution is -2.01. The molecule has 1 heterocycles. The average molecular weight is 298 g/mol. The predicted octanol–water partition coefficient (Wildman–Crippen LogP) is 4.39. The van der Waals surface area contributed by atoms with Gasteiger partial charge >= 0.3 is 0 Å². The molecule has 0 N–H and O–H groups in total. The van der Waals surface area contributed by atoms with Crippen LogP contribution < -0.4 is 4.74 Å². The smallest absolute Gasteiger partial charge is 0.198 e. The number of ether oxygens (including phenoxy) is 1. The van der Waals surface area contributed by atoms with Crippen molar-refractivity contribution in [3.8, 4) is 5.75 Å². The molecular weight excluding hydrogens is 284 g/mol. The number of carbonyl (C=O) groups excluding carboxylic acids is 1. The maximum atomic E-state index is 12.8. The van der Waals surface area contributed by atoms with E-state index in [1.165, 1.54) is 11.8 Å². The summed E-state index contributed by atoms with van der Waals surface area (Å²) in [5.41, 5.74) is 1.94. The maximum absolute atomic E-state index is 12.8. The van der Waals surface area contributed by atoms with Gasteiger partial charge in [-0.2, -0.15) is 0 Å². The van der Waals surface area contributed by atoms with Crippen LogP contribution in [0.2, 0.25) is 0 Å². The molecule has 106 valence electrons. The zero-order valence-electron chi connectivity index (χ0n) is 11.8. The van der Waals surface area contributed by atoms with E-state index in [9.17, 15) is 4.79 Å². The zero-order valence-corrected chi connectivity index (χ0v) is 12.6. The summed E-state index contributed by atoms with van der Waals surface area (Å²) in [4.78, 5) is 12.8. The first-order valence-electron chi connectivity index (χ1n) is 6.49. The molecule has 3 aromatic rings. The van der Waals surface area contributed by atoms with Crippen LogP contribution in [0.3, 0.4) is 0 Å². The fourth-order valence-electron chi connectivity index (χ4n) is 2.27. The molecule has 0 saturated carbocycles. The molecule has 4 heteroatoms. The molecule has 0 aliphatic heterocycles. The lowest BCUT2D eigenvalue weighted by atomic mass is 10.0. The molecule has 2 aromatic carbocycles.